The van der Waals surface area contributed by atoms with E-state index in [1.54, 1.807) is 31.2 Å². The summed E-state index contributed by atoms with van der Waals surface area (Å²) < 4.78 is 0. The van der Waals surface area contributed by atoms with Gasteiger partial charge in [-0.15, -0.1) is 0 Å². The van der Waals surface area contributed by atoms with Crippen molar-refractivity contribution in [2.45, 2.75) is 6.92 Å². The summed E-state index contributed by atoms with van der Waals surface area (Å²) in [5.74, 6) is 0. The van der Waals surface area contributed by atoms with Gasteiger partial charge in [-0.2, -0.15) is 35.9 Å². The van der Waals surface area contributed by atoms with Gasteiger partial charge in [-0.25, -0.2) is 0 Å². The van der Waals surface area contributed by atoms with Gasteiger partial charge in [0.1, 0.15) is 0 Å². The Morgan fingerprint density at radius 3 is 1.57 bits per heavy atom. The number of hydrogen-bond acceptors (Lipinski definition) is 2. The van der Waals surface area contributed by atoms with Crippen molar-refractivity contribution in [3.8, 4) is 11.4 Å². The zero-order valence-corrected chi connectivity index (χ0v) is 14.5. The van der Waals surface area contributed by atoms with Gasteiger partial charge in [-0.3, -0.25) is 9.97 Å². The SMILES string of the molecule is Cc1cc[c-]cc1.[Cl][Pt+].c1ccc(-c2ccccn2)nc1. The molecule has 0 radical (unpaired) electrons. The van der Waals surface area contributed by atoms with Gasteiger partial charge in [-0.05, 0) is 24.3 Å². The monoisotopic (exact) mass is 477 g/mol. The van der Waals surface area contributed by atoms with Gasteiger partial charge in [0.2, 0.25) is 0 Å². The smallest absolute Gasteiger partial charge is 0.0886 e. The summed E-state index contributed by atoms with van der Waals surface area (Å²) in [5, 5.41) is 0. The fraction of sp³-hybridized carbons (Fsp3) is 0.0588. The maximum atomic E-state index is 4.61. The van der Waals surface area contributed by atoms with Crippen LogP contribution in [0, 0.1) is 13.0 Å². The Morgan fingerprint density at radius 1 is 0.810 bits per heavy atom. The second kappa shape index (κ2) is 11.2. The van der Waals surface area contributed by atoms with Crippen molar-refractivity contribution in [1.82, 2.24) is 9.97 Å². The molecule has 2 nitrogen and oxygen atoms in total. The van der Waals surface area contributed by atoms with E-state index in [-0.39, 0.29) is 0 Å². The molecule has 0 amide bonds. The summed E-state index contributed by atoms with van der Waals surface area (Å²) in [4.78, 5) is 8.37. The minimum Gasteiger partial charge on any atom is -0.255 e. The van der Waals surface area contributed by atoms with Gasteiger partial charge in [0.25, 0.3) is 0 Å². The predicted molar refractivity (Wildman–Crippen MR) is 83.3 cm³/mol. The van der Waals surface area contributed by atoms with Crippen molar-refractivity contribution in [1.29, 1.82) is 0 Å². The van der Waals surface area contributed by atoms with Gasteiger partial charge >= 0.3 is 28.2 Å². The van der Waals surface area contributed by atoms with Crippen molar-refractivity contribution in [3.63, 3.8) is 0 Å². The molecule has 2 aromatic heterocycles. The molecule has 0 spiro atoms. The van der Waals surface area contributed by atoms with Gasteiger partial charge in [0, 0.05) is 12.4 Å². The number of hydrogen-bond donors (Lipinski definition) is 0. The van der Waals surface area contributed by atoms with Crippen molar-refractivity contribution in [2.24, 2.45) is 0 Å². The number of aromatic nitrogens is 2. The van der Waals surface area contributed by atoms with Gasteiger partial charge in [0.05, 0.1) is 11.4 Å². The van der Waals surface area contributed by atoms with E-state index in [2.05, 4.69) is 32.4 Å². The van der Waals surface area contributed by atoms with Crippen LogP contribution in [0.4, 0.5) is 0 Å². The van der Waals surface area contributed by atoms with Crippen LogP contribution in [0.5, 0.6) is 0 Å². The molecule has 0 bridgehead atoms. The predicted octanol–water partition coefficient (Wildman–Crippen LogP) is 4.63. The number of benzene rings is 1. The molecular weight excluding hydrogens is 463 g/mol. The Morgan fingerprint density at radius 2 is 1.29 bits per heavy atom. The maximum Gasteiger partial charge on any atom is 0.0886 e. The first kappa shape index (κ1) is 17.5. The summed E-state index contributed by atoms with van der Waals surface area (Å²) in [7, 11) is 4.61. The largest absolute Gasteiger partial charge is 0.255 e. The van der Waals surface area contributed by atoms with E-state index in [9.17, 15) is 0 Å². The van der Waals surface area contributed by atoms with Crippen molar-refractivity contribution in [3.05, 3.63) is 84.7 Å². The molecule has 2 heterocycles. The van der Waals surface area contributed by atoms with Gasteiger partial charge in [-0.1, -0.05) is 19.1 Å². The average molecular weight is 478 g/mol. The van der Waals surface area contributed by atoms with Crippen molar-refractivity contribution >= 4 is 9.42 Å². The molecule has 1 aromatic carbocycles. The van der Waals surface area contributed by atoms with Crippen LogP contribution in [-0.4, -0.2) is 9.97 Å². The number of nitrogens with zero attached hydrogens (tertiary/aromatic N) is 2. The fourth-order valence-corrected chi connectivity index (χ4v) is 1.50. The minimum absolute atomic E-state index is 0.915. The van der Waals surface area contributed by atoms with E-state index in [0.29, 0.717) is 0 Å². The van der Waals surface area contributed by atoms with E-state index in [4.69, 9.17) is 0 Å². The molecule has 3 rings (SSSR count). The van der Waals surface area contributed by atoms with Crippen LogP contribution in [-0.2, 0) is 18.8 Å². The Kier molecular flexibility index (Phi) is 9.35. The van der Waals surface area contributed by atoms with Crippen LogP contribution in [0.1, 0.15) is 5.56 Å². The molecule has 0 fully saturated rings. The van der Waals surface area contributed by atoms with E-state index < -0.39 is 0 Å². The van der Waals surface area contributed by atoms with Crippen LogP contribution < -0.4 is 0 Å². The molecule has 21 heavy (non-hydrogen) atoms. The second-order valence-electron chi connectivity index (χ2n) is 4.01. The van der Waals surface area contributed by atoms with E-state index in [1.807, 2.05) is 60.7 Å². The Hall–Kier alpha value is -1.50. The molecular formula is C17H15ClN2Pt. The summed E-state index contributed by atoms with van der Waals surface area (Å²) in [6.07, 6.45) is 3.54. The van der Waals surface area contributed by atoms with E-state index in [0.717, 1.165) is 11.4 Å². The topological polar surface area (TPSA) is 25.8 Å². The van der Waals surface area contributed by atoms with Crippen molar-refractivity contribution < 1.29 is 18.8 Å². The zero-order chi connectivity index (χ0) is 15.3. The quantitative estimate of drug-likeness (QED) is 0.478. The van der Waals surface area contributed by atoms with Crippen molar-refractivity contribution in [2.75, 3.05) is 0 Å². The van der Waals surface area contributed by atoms with Crippen LogP contribution in [0.25, 0.3) is 11.4 Å². The van der Waals surface area contributed by atoms with Crippen LogP contribution >= 0.6 is 9.42 Å². The first-order valence-electron chi connectivity index (χ1n) is 6.23. The molecule has 4 heteroatoms. The number of rotatable bonds is 1. The van der Waals surface area contributed by atoms with E-state index in [1.165, 1.54) is 5.56 Å². The molecule has 0 aliphatic rings. The van der Waals surface area contributed by atoms with E-state index >= 15 is 0 Å². The summed E-state index contributed by atoms with van der Waals surface area (Å²) in [6.45, 7) is 2.06. The fourth-order valence-electron chi connectivity index (χ4n) is 1.50. The molecule has 0 N–H and O–H groups in total. The number of aryl methyl sites for hydroxylation is 1. The third-order valence-electron chi connectivity index (χ3n) is 2.48. The Balaban J connectivity index is 0.000000210. The Bertz CT molecular complexity index is 551. The van der Waals surface area contributed by atoms with Crippen LogP contribution in [0.2, 0.25) is 0 Å². The maximum absolute atomic E-state index is 4.61. The number of pyridine rings is 2. The van der Waals surface area contributed by atoms with Crippen LogP contribution in [0.15, 0.2) is 73.1 Å². The third kappa shape index (κ3) is 7.17. The molecule has 110 valence electrons. The summed E-state index contributed by atoms with van der Waals surface area (Å²) in [5.41, 5.74) is 3.12. The molecule has 3 aromatic rings. The molecule has 0 aliphatic heterocycles. The molecule has 0 saturated carbocycles. The van der Waals surface area contributed by atoms with Crippen LogP contribution in [0.3, 0.4) is 0 Å². The van der Waals surface area contributed by atoms with Gasteiger partial charge < -0.3 is 0 Å². The molecule has 0 unspecified atom stereocenters. The molecule has 0 aliphatic carbocycles. The first-order valence-corrected chi connectivity index (χ1v) is 9.05. The normalized spacial score (nSPS) is 8.76. The zero-order valence-electron chi connectivity index (χ0n) is 11.5. The standard InChI is InChI=1S/C10H8N2.C7H7.ClH.Pt/c1-3-7-11-9(5-1)10-6-2-4-8-12-10;1-7-5-3-2-4-6-7;;/h1-8H;3-6H,1H3;1H;/q;-1;;+2/p-1. The average Bonchev–Trinajstić information content (AvgIpc) is 2.60. The van der Waals surface area contributed by atoms with Gasteiger partial charge in [0.15, 0.2) is 0 Å². The summed E-state index contributed by atoms with van der Waals surface area (Å²) in [6, 6.07) is 22.4. The third-order valence-corrected chi connectivity index (χ3v) is 2.48. The first-order chi connectivity index (χ1) is 10.4. The second-order valence-corrected chi connectivity index (χ2v) is 4.01. The molecule has 0 atom stereocenters. The molecule has 0 saturated heterocycles. The minimum atomic E-state index is 0.915. The number of halogens is 1. The summed E-state index contributed by atoms with van der Waals surface area (Å²) >= 11 is 1.61. The Labute approximate surface area is 141 Å².